The Kier molecular flexibility index (Phi) is 6.17. The molecule has 1 aromatic heterocycles. The van der Waals surface area contributed by atoms with Crippen LogP contribution in [0.2, 0.25) is 0 Å². The van der Waals surface area contributed by atoms with Crippen LogP contribution < -0.4 is 0 Å². The lowest BCUT2D eigenvalue weighted by Gasteiger charge is -2.13. The van der Waals surface area contributed by atoms with Crippen LogP contribution in [-0.4, -0.2) is 10.8 Å². The summed E-state index contributed by atoms with van der Waals surface area (Å²) in [6.07, 6.45) is 0.665. The number of unbranched alkanes of at least 4 members (excludes halogenated alkanes) is 1. The van der Waals surface area contributed by atoms with E-state index in [-0.39, 0.29) is 17.4 Å². The number of alkyl halides is 3. The van der Waals surface area contributed by atoms with Crippen LogP contribution in [0.1, 0.15) is 62.0 Å². The molecule has 0 saturated heterocycles. The summed E-state index contributed by atoms with van der Waals surface area (Å²) >= 11 is 0. The highest BCUT2D eigenvalue weighted by atomic mass is 19.4. The van der Waals surface area contributed by atoms with Gasteiger partial charge < -0.3 is 0 Å². The minimum absolute atomic E-state index is 0.118. The Balaban J connectivity index is 2.67. The predicted molar refractivity (Wildman–Crippen MR) is 71.5 cm³/mol. The summed E-state index contributed by atoms with van der Waals surface area (Å²) in [7, 11) is 0. The molecule has 0 N–H and O–H groups in total. The molecule has 0 aromatic carbocycles. The lowest BCUT2D eigenvalue weighted by Crippen LogP contribution is -2.11. The molecule has 0 bridgehead atoms. The minimum atomic E-state index is -4.42. The van der Waals surface area contributed by atoms with Gasteiger partial charge in [0, 0.05) is 12.6 Å². The molecule has 0 radical (unpaired) electrons. The first-order chi connectivity index (χ1) is 9.38. The number of pyridine rings is 1. The maximum atomic E-state index is 12.4. The van der Waals surface area contributed by atoms with Gasteiger partial charge in [-0.1, -0.05) is 39.5 Å². The third-order valence-corrected chi connectivity index (χ3v) is 3.39. The van der Waals surface area contributed by atoms with Crippen LogP contribution in [0.4, 0.5) is 13.2 Å². The highest BCUT2D eigenvalue weighted by Crippen LogP contribution is 2.28. The molecule has 1 rings (SSSR count). The van der Waals surface area contributed by atoms with E-state index >= 15 is 0 Å². The fourth-order valence-electron chi connectivity index (χ4n) is 2.04. The molecule has 5 heteroatoms. The number of ketones is 1. The Hall–Kier alpha value is -1.39. The first-order valence-corrected chi connectivity index (χ1v) is 6.94. The largest absolute Gasteiger partial charge is 0.417 e. The first-order valence-electron chi connectivity index (χ1n) is 6.94. The Morgan fingerprint density at radius 3 is 2.45 bits per heavy atom. The summed E-state index contributed by atoms with van der Waals surface area (Å²) in [5.41, 5.74) is -0.708. The number of carbonyl (C=O) groups excluding carboxylic acids is 1. The van der Waals surface area contributed by atoms with Gasteiger partial charge in [0.2, 0.25) is 0 Å². The molecule has 0 fully saturated rings. The van der Waals surface area contributed by atoms with Gasteiger partial charge in [-0.3, -0.25) is 9.78 Å². The van der Waals surface area contributed by atoms with E-state index in [0.29, 0.717) is 6.42 Å². The second-order valence-electron chi connectivity index (χ2n) is 4.97. The van der Waals surface area contributed by atoms with Crippen molar-refractivity contribution in [1.82, 2.24) is 4.98 Å². The second-order valence-corrected chi connectivity index (χ2v) is 4.97. The van der Waals surface area contributed by atoms with Gasteiger partial charge in [-0.05, 0) is 18.1 Å². The van der Waals surface area contributed by atoms with E-state index < -0.39 is 11.7 Å². The molecular weight excluding hydrogens is 267 g/mol. The quantitative estimate of drug-likeness (QED) is 0.668. The van der Waals surface area contributed by atoms with Gasteiger partial charge in [-0.25, -0.2) is 0 Å². The van der Waals surface area contributed by atoms with E-state index in [0.717, 1.165) is 44.0 Å². The van der Waals surface area contributed by atoms with Crippen molar-refractivity contribution in [3.8, 4) is 0 Å². The smallest absolute Gasteiger partial charge is 0.292 e. The zero-order valence-corrected chi connectivity index (χ0v) is 11.8. The van der Waals surface area contributed by atoms with Gasteiger partial charge in [0.1, 0.15) is 5.69 Å². The van der Waals surface area contributed by atoms with Crippen molar-refractivity contribution in [2.75, 3.05) is 0 Å². The van der Waals surface area contributed by atoms with Crippen molar-refractivity contribution < 1.29 is 18.0 Å². The van der Waals surface area contributed by atoms with Crippen LogP contribution in [0, 0.1) is 5.92 Å². The molecule has 1 atom stereocenters. The molecule has 0 aliphatic rings. The fraction of sp³-hybridized carbons (Fsp3) is 0.600. The van der Waals surface area contributed by atoms with Crippen molar-refractivity contribution in [3.63, 3.8) is 0 Å². The third-order valence-electron chi connectivity index (χ3n) is 3.39. The molecule has 2 nitrogen and oxygen atoms in total. The van der Waals surface area contributed by atoms with Crippen LogP contribution in [0.15, 0.2) is 18.3 Å². The van der Waals surface area contributed by atoms with Crippen molar-refractivity contribution >= 4 is 5.78 Å². The molecule has 0 aliphatic heterocycles. The number of halogens is 3. The SMILES string of the molecule is CCCCC(CC)CC(=O)c1ccc(C(F)(F)F)cn1. The van der Waals surface area contributed by atoms with Gasteiger partial charge in [0.15, 0.2) is 5.78 Å². The summed E-state index contributed by atoms with van der Waals surface area (Å²) in [5, 5.41) is 0. The number of Topliss-reactive ketones (excluding diaryl/α,β-unsaturated/α-hetero) is 1. The standard InChI is InChI=1S/C15H20F3NO/c1-3-5-6-11(4-2)9-14(20)13-8-7-12(10-19-13)15(16,17)18/h7-8,10-11H,3-6,9H2,1-2H3. The Morgan fingerprint density at radius 2 is 2.00 bits per heavy atom. The summed E-state index contributed by atoms with van der Waals surface area (Å²) in [5.74, 6) is 0.105. The van der Waals surface area contributed by atoms with Crippen molar-refractivity contribution in [2.45, 2.75) is 52.1 Å². The Morgan fingerprint density at radius 1 is 1.30 bits per heavy atom. The first kappa shape index (κ1) is 16.7. The number of hydrogen-bond acceptors (Lipinski definition) is 2. The van der Waals surface area contributed by atoms with Gasteiger partial charge in [0.05, 0.1) is 5.56 Å². The van der Waals surface area contributed by atoms with Gasteiger partial charge in [0.25, 0.3) is 0 Å². The van der Waals surface area contributed by atoms with Crippen LogP contribution in [0.3, 0.4) is 0 Å². The summed E-state index contributed by atoms with van der Waals surface area (Å²) < 4.78 is 37.2. The van der Waals surface area contributed by atoms with Crippen LogP contribution in [0.25, 0.3) is 0 Å². The molecule has 20 heavy (non-hydrogen) atoms. The zero-order chi connectivity index (χ0) is 15.2. The molecule has 1 aromatic rings. The number of carbonyl (C=O) groups is 1. The van der Waals surface area contributed by atoms with E-state index in [9.17, 15) is 18.0 Å². The van der Waals surface area contributed by atoms with Crippen molar-refractivity contribution in [3.05, 3.63) is 29.6 Å². The average Bonchev–Trinajstić information content (AvgIpc) is 2.42. The Bertz CT molecular complexity index is 426. The highest BCUT2D eigenvalue weighted by molar-refractivity contribution is 5.94. The van der Waals surface area contributed by atoms with Crippen LogP contribution >= 0.6 is 0 Å². The maximum absolute atomic E-state index is 12.4. The van der Waals surface area contributed by atoms with E-state index in [4.69, 9.17) is 0 Å². The van der Waals surface area contributed by atoms with Gasteiger partial charge in [-0.15, -0.1) is 0 Å². The Labute approximate surface area is 117 Å². The van der Waals surface area contributed by atoms with E-state index in [1.165, 1.54) is 0 Å². The van der Waals surface area contributed by atoms with Gasteiger partial charge >= 0.3 is 6.18 Å². The van der Waals surface area contributed by atoms with E-state index in [1.54, 1.807) is 0 Å². The monoisotopic (exact) mass is 287 g/mol. The van der Waals surface area contributed by atoms with Crippen molar-refractivity contribution in [2.24, 2.45) is 5.92 Å². The lowest BCUT2D eigenvalue weighted by atomic mass is 9.93. The lowest BCUT2D eigenvalue weighted by molar-refractivity contribution is -0.137. The van der Waals surface area contributed by atoms with Crippen LogP contribution in [-0.2, 0) is 6.18 Å². The molecule has 1 unspecified atom stereocenters. The topological polar surface area (TPSA) is 30.0 Å². The van der Waals surface area contributed by atoms with E-state index in [2.05, 4.69) is 11.9 Å². The average molecular weight is 287 g/mol. The number of aromatic nitrogens is 1. The molecule has 0 spiro atoms. The minimum Gasteiger partial charge on any atom is -0.292 e. The molecule has 0 saturated carbocycles. The van der Waals surface area contributed by atoms with Crippen LogP contribution in [0.5, 0.6) is 0 Å². The van der Waals surface area contributed by atoms with Crippen molar-refractivity contribution in [1.29, 1.82) is 0 Å². The number of rotatable bonds is 7. The van der Waals surface area contributed by atoms with E-state index in [1.807, 2.05) is 6.92 Å². The number of nitrogens with zero attached hydrogens (tertiary/aromatic N) is 1. The molecular formula is C15H20F3NO. The summed E-state index contributed by atoms with van der Waals surface area (Å²) in [4.78, 5) is 15.6. The van der Waals surface area contributed by atoms with Gasteiger partial charge in [-0.2, -0.15) is 13.2 Å². The fourth-order valence-corrected chi connectivity index (χ4v) is 2.04. The zero-order valence-electron chi connectivity index (χ0n) is 11.8. The number of hydrogen-bond donors (Lipinski definition) is 0. The third kappa shape index (κ3) is 4.94. The summed E-state index contributed by atoms with van der Waals surface area (Å²) in [6, 6.07) is 2.07. The molecule has 0 amide bonds. The second kappa shape index (κ2) is 7.41. The normalized spacial score (nSPS) is 13.2. The highest BCUT2D eigenvalue weighted by Gasteiger charge is 2.31. The molecule has 0 aliphatic carbocycles. The predicted octanol–water partition coefficient (Wildman–Crippen LogP) is 4.89. The summed E-state index contributed by atoms with van der Waals surface area (Å²) in [6.45, 7) is 4.11. The molecule has 1 heterocycles. The maximum Gasteiger partial charge on any atom is 0.417 e. The molecule has 112 valence electrons.